The van der Waals surface area contributed by atoms with Crippen LogP contribution < -0.4 is 5.32 Å². The highest BCUT2D eigenvalue weighted by Gasteiger charge is 2.17. The topological polar surface area (TPSA) is 38.1 Å². The van der Waals surface area contributed by atoms with Crippen molar-refractivity contribution in [1.29, 1.82) is 0 Å². The van der Waals surface area contributed by atoms with Gasteiger partial charge >= 0.3 is 0 Å². The van der Waals surface area contributed by atoms with Crippen LogP contribution in [0, 0.1) is 5.92 Å². The van der Waals surface area contributed by atoms with E-state index in [2.05, 4.69) is 10.3 Å². The molecule has 0 unspecified atom stereocenters. The van der Waals surface area contributed by atoms with E-state index in [-0.39, 0.29) is 0 Å². The maximum absolute atomic E-state index is 5.75. The Morgan fingerprint density at radius 2 is 2.25 bits per heavy atom. The Hall–Kier alpha value is -0.830. The third kappa shape index (κ3) is 3.34. The first-order chi connectivity index (χ1) is 7.88. The van der Waals surface area contributed by atoms with Crippen LogP contribution in [0.5, 0.6) is 0 Å². The van der Waals surface area contributed by atoms with E-state index < -0.39 is 0 Å². The Morgan fingerprint density at radius 1 is 1.44 bits per heavy atom. The van der Waals surface area contributed by atoms with Crippen molar-refractivity contribution in [2.45, 2.75) is 44.9 Å². The van der Waals surface area contributed by atoms with Crippen molar-refractivity contribution in [3.8, 4) is 0 Å². The molecule has 1 fully saturated rings. The average molecular weight is 222 g/mol. The van der Waals surface area contributed by atoms with Crippen LogP contribution in [0.1, 0.15) is 43.8 Å². The summed E-state index contributed by atoms with van der Waals surface area (Å²) >= 11 is 0. The molecular weight excluding hydrogens is 200 g/mol. The third-order valence-electron chi connectivity index (χ3n) is 3.38. The fourth-order valence-electron chi connectivity index (χ4n) is 2.47. The maximum Gasteiger partial charge on any atom is 0.194 e. The van der Waals surface area contributed by atoms with Gasteiger partial charge in [0.05, 0.1) is 6.20 Å². The highest BCUT2D eigenvalue weighted by molar-refractivity contribution is 4.96. The van der Waals surface area contributed by atoms with Gasteiger partial charge in [-0.05, 0) is 25.9 Å². The molecular formula is C13H22N2O. The van der Waals surface area contributed by atoms with Crippen LogP contribution in [0.4, 0.5) is 0 Å². The minimum Gasteiger partial charge on any atom is -0.446 e. The molecule has 1 aromatic heterocycles. The van der Waals surface area contributed by atoms with Crippen LogP contribution in [0.2, 0.25) is 0 Å². The molecule has 3 nitrogen and oxygen atoms in total. The molecule has 1 saturated carbocycles. The summed E-state index contributed by atoms with van der Waals surface area (Å²) in [6, 6.07) is 0. The van der Waals surface area contributed by atoms with E-state index in [0.717, 1.165) is 43.4 Å². The van der Waals surface area contributed by atoms with Gasteiger partial charge in [0.25, 0.3) is 0 Å². The zero-order chi connectivity index (χ0) is 11.2. The van der Waals surface area contributed by atoms with Crippen molar-refractivity contribution in [2.24, 2.45) is 5.92 Å². The largest absolute Gasteiger partial charge is 0.446 e. The first-order valence-electron chi connectivity index (χ1n) is 6.46. The average Bonchev–Trinajstić information content (AvgIpc) is 2.91. The summed E-state index contributed by atoms with van der Waals surface area (Å²) in [5.41, 5.74) is 0. The molecule has 0 spiro atoms. The van der Waals surface area contributed by atoms with Crippen LogP contribution in [0.3, 0.4) is 0 Å². The van der Waals surface area contributed by atoms with E-state index >= 15 is 0 Å². The second kappa shape index (κ2) is 6.04. The lowest BCUT2D eigenvalue weighted by Gasteiger charge is -2.04. The highest BCUT2D eigenvalue weighted by Crippen LogP contribution is 2.28. The number of nitrogens with one attached hydrogen (secondary N) is 1. The Morgan fingerprint density at radius 3 is 3.00 bits per heavy atom. The van der Waals surface area contributed by atoms with E-state index in [1.165, 1.54) is 25.7 Å². The smallest absolute Gasteiger partial charge is 0.194 e. The first kappa shape index (κ1) is 11.6. The van der Waals surface area contributed by atoms with Gasteiger partial charge in [-0.2, -0.15) is 0 Å². The van der Waals surface area contributed by atoms with Gasteiger partial charge in [-0.25, -0.2) is 4.98 Å². The zero-order valence-corrected chi connectivity index (χ0v) is 10.2. The third-order valence-corrected chi connectivity index (χ3v) is 3.38. The number of rotatable bonds is 6. The van der Waals surface area contributed by atoms with Gasteiger partial charge in [-0.15, -0.1) is 0 Å². The molecule has 1 aromatic rings. The Bertz CT molecular complexity index is 303. The SMILES string of the molecule is CNCCCc1ncc(CC2CCCC2)o1. The molecule has 1 heterocycles. The number of oxazole rings is 1. The zero-order valence-electron chi connectivity index (χ0n) is 10.2. The fraction of sp³-hybridized carbons (Fsp3) is 0.769. The van der Waals surface area contributed by atoms with Crippen molar-refractivity contribution in [3.05, 3.63) is 17.8 Å². The summed E-state index contributed by atoms with van der Waals surface area (Å²) in [5.74, 6) is 2.84. The number of hydrogen-bond acceptors (Lipinski definition) is 3. The van der Waals surface area contributed by atoms with Crippen molar-refractivity contribution < 1.29 is 4.42 Å². The standard InChI is InChI=1S/C13H22N2O/c1-14-8-4-7-13-15-10-12(16-13)9-11-5-2-3-6-11/h10-11,14H,2-9H2,1H3. The van der Waals surface area contributed by atoms with Crippen molar-refractivity contribution in [3.63, 3.8) is 0 Å². The number of nitrogens with zero attached hydrogens (tertiary/aromatic N) is 1. The summed E-state index contributed by atoms with van der Waals surface area (Å²) in [7, 11) is 1.97. The van der Waals surface area contributed by atoms with Crippen molar-refractivity contribution in [2.75, 3.05) is 13.6 Å². The molecule has 3 heteroatoms. The maximum atomic E-state index is 5.75. The summed E-state index contributed by atoms with van der Waals surface area (Å²) in [6.45, 7) is 1.03. The van der Waals surface area contributed by atoms with Crippen LogP contribution >= 0.6 is 0 Å². The minimum atomic E-state index is 0.845. The molecule has 0 atom stereocenters. The number of aryl methyl sites for hydroxylation is 1. The molecule has 0 saturated heterocycles. The predicted molar refractivity (Wildman–Crippen MR) is 64.4 cm³/mol. The van der Waals surface area contributed by atoms with E-state index in [1.807, 2.05) is 13.2 Å². The molecule has 0 aromatic carbocycles. The predicted octanol–water partition coefficient (Wildman–Crippen LogP) is 2.56. The van der Waals surface area contributed by atoms with Crippen LogP contribution in [0.15, 0.2) is 10.6 Å². The van der Waals surface area contributed by atoms with Crippen LogP contribution in [-0.4, -0.2) is 18.6 Å². The van der Waals surface area contributed by atoms with Crippen molar-refractivity contribution >= 4 is 0 Å². The lowest BCUT2D eigenvalue weighted by atomic mass is 10.0. The van der Waals surface area contributed by atoms with E-state index in [1.54, 1.807) is 0 Å². The highest BCUT2D eigenvalue weighted by atomic mass is 16.4. The second-order valence-corrected chi connectivity index (χ2v) is 4.78. The monoisotopic (exact) mass is 222 g/mol. The number of hydrogen-bond donors (Lipinski definition) is 1. The van der Waals surface area contributed by atoms with Gasteiger partial charge in [0, 0.05) is 12.8 Å². The quantitative estimate of drug-likeness (QED) is 0.752. The fourth-order valence-corrected chi connectivity index (χ4v) is 2.47. The lowest BCUT2D eigenvalue weighted by Crippen LogP contribution is -2.08. The molecule has 1 N–H and O–H groups in total. The van der Waals surface area contributed by atoms with E-state index in [9.17, 15) is 0 Å². The van der Waals surface area contributed by atoms with Gasteiger partial charge in [0.15, 0.2) is 5.89 Å². The van der Waals surface area contributed by atoms with Gasteiger partial charge in [0.1, 0.15) is 5.76 Å². The lowest BCUT2D eigenvalue weighted by molar-refractivity contribution is 0.411. The van der Waals surface area contributed by atoms with Crippen LogP contribution in [-0.2, 0) is 12.8 Å². The molecule has 0 amide bonds. The first-order valence-corrected chi connectivity index (χ1v) is 6.46. The normalized spacial score (nSPS) is 17.1. The summed E-state index contributed by atoms with van der Waals surface area (Å²) in [6.07, 6.45) is 10.6. The molecule has 0 radical (unpaired) electrons. The Labute approximate surface area is 97.6 Å². The number of aromatic nitrogens is 1. The van der Waals surface area contributed by atoms with Crippen molar-refractivity contribution in [1.82, 2.24) is 10.3 Å². The molecule has 0 bridgehead atoms. The van der Waals surface area contributed by atoms with Gasteiger partial charge in [0.2, 0.25) is 0 Å². The van der Waals surface area contributed by atoms with Gasteiger partial charge < -0.3 is 9.73 Å². The molecule has 16 heavy (non-hydrogen) atoms. The molecule has 1 aliphatic carbocycles. The molecule has 90 valence electrons. The van der Waals surface area contributed by atoms with Gasteiger partial charge in [-0.1, -0.05) is 25.7 Å². The Kier molecular flexibility index (Phi) is 4.40. The molecule has 0 aliphatic heterocycles. The van der Waals surface area contributed by atoms with E-state index in [4.69, 9.17) is 4.42 Å². The Balaban J connectivity index is 1.77. The molecule has 2 rings (SSSR count). The summed E-state index contributed by atoms with van der Waals surface area (Å²) in [4.78, 5) is 4.34. The summed E-state index contributed by atoms with van der Waals surface area (Å²) < 4.78 is 5.75. The van der Waals surface area contributed by atoms with E-state index in [0.29, 0.717) is 0 Å². The van der Waals surface area contributed by atoms with Gasteiger partial charge in [-0.3, -0.25) is 0 Å². The summed E-state index contributed by atoms with van der Waals surface area (Å²) in [5, 5.41) is 3.13. The molecule has 1 aliphatic rings. The van der Waals surface area contributed by atoms with Crippen LogP contribution in [0.25, 0.3) is 0 Å². The second-order valence-electron chi connectivity index (χ2n) is 4.78. The minimum absolute atomic E-state index is 0.845.